The van der Waals surface area contributed by atoms with Crippen LogP contribution in [0.15, 0.2) is 65.7 Å². The van der Waals surface area contributed by atoms with Crippen LogP contribution in [0, 0.1) is 28.1 Å². The highest BCUT2D eigenvalue weighted by atomic mass is 32.2. The molecule has 50 heavy (non-hydrogen) atoms. The van der Waals surface area contributed by atoms with Crippen LogP contribution in [0.4, 0.5) is 10.5 Å². The molecule has 258 valence electrons. The molecule has 1 atom stereocenters. The number of pyridine rings is 1. The summed E-state index contributed by atoms with van der Waals surface area (Å²) in [6.45, 7) is 9.85. The van der Waals surface area contributed by atoms with E-state index in [-0.39, 0.29) is 50.7 Å². The number of nitrogens with one attached hydrogen (secondary N) is 1. The van der Waals surface area contributed by atoms with Gasteiger partial charge in [-0.3, -0.25) is 9.69 Å². The maximum Gasteiger partial charge on any atom is 0.318 e. The van der Waals surface area contributed by atoms with Gasteiger partial charge in [0, 0.05) is 69.5 Å². The smallest absolute Gasteiger partial charge is 0.318 e. The van der Waals surface area contributed by atoms with E-state index in [0.717, 1.165) is 52.5 Å². The molecule has 7 rings (SSSR count). The zero-order valence-electron chi connectivity index (χ0n) is 27.5. The van der Waals surface area contributed by atoms with Gasteiger partial charge in [0.05, 0.1) is 59.2 Å². The molecule has 1 unspecified atom stereocenters. The normalized spacial score (nSPS) is 21.5. The van der Waals surface area contributed by atoms with Crippen molar-refractivity contribution in [3.63, 3.8) is 0 Å². The van der Waals surface area contributed by atoms with Crippen molar-refractivity contribution in [1.82, 2.24) is 25.0 Å². The van der Waals surface area contributed by atoms with Gasteiger partial charge in [0.1, 0.15) is 0 Å². The Kier molecular flexibility index (Phi) is 8.69. The number of fused-ring (bicyclic) bond motifs is 1. The highest BCUT2D eigenvalue weighted by molar-refractivity contribution is 7.93. The lowest BCUT2D eigenvalue weighted by molar-refractivity contribution is -0.122. The van der Waals surface area contributed by atoms with E-state index in [9.17, 15) is 28.5 Å². The van der Waals surface area contributed by atoms with E-state index in [1.165, 1.54) is 48.7 Å². The maximum absolute atomic E-state index is 15.0. The summed E-state index contributed by atoms with van der Waals surface area (Å²) in [5.41, 5.74) is -1.57. The molecule has 4 aliphatic rings. The van der Waals surface area contributed by atoms with Crippen molar-refractivity contribution >= 4 is 27.6 Å². The molecule has 3 saturated heterocycles. The Morgan fingerprint density at radius 2 is 1.64 bits per heavy atom. The van der Waals surface area contributed by atoms with Crippen LogP contribution in [-0.2, 0) is 25.1 Å². The molecule has 5 heterocycles. The summed E-state index contributed by atoms with van der Waals surface area (Å²) < 4.78 is 40.5. The quantitative estimate of drug-likeness (QED) is 0.346. The van der Waals surface area contributed by atoms with Crippen molar-refractivity contribution in [3.05, 3.63) is 83.0 Å². The Hall–Kier alpha value is -5.06. The molecule has 3 fully saturated rings. The summed E-state index contributed by atoms with van der Waals surface area (Å²) >= 11 is 0. The maximum atomic E-state index is 15.0. The highest BCUT2D eigenvalue weighted by Crippen LogP contribution is 2.50. The third kappa shape index (κ3) is 5.62. The third-order valence-electron chi connectivity index (χ3n) is 9.82. The third-order valence-corrected chi connectivity index (χ3v) is 11.5. The number of ether oxygens (including phenoxy) is 2. The van der Waals surface area contributed by atoms with Crippen LogP contribution in [0.3, 0.4) is 0 Å². The minimum atomic E-state index is -4.58. The van der Waals surface area contributed by atoms with Crippen LogP contribution < -0.4 is 14.4 Å². The second-order valence-corrected chi connectivity index (χ2v) is 14.8. The van der Waals surface area contributed by atoms with Gasteiger partial charge in [0.15, 0.2) is 5.54 Å². The molecule has 1 N–H and O–H groups in total. The number of hydrogen-bond acceptors (Lipinski definition) is 11. The van der Waals surface area contributed by atoms with E-state index < -0.39 is 27.5 Å². The fourth-order valence-electron chi connectivity index (χ4n) is 7.40. The van der Waals surface area contributed by atoms with Crippen LogP contribution in [0.5, 0.6) is 5.88 Å². The predicted octanol–water partition coefficient (Wildman–Crippen LogP) is 1.86. The Bertz CT molecular complexity index is 2010. The summed E-state index contributed by atoms with van der Waals surface area (Å²) in [6.07, 6.45) is 1.47. The van der Waals surface area contributed by atoms with Gasteiger partial charge in [-0.25, -0.2) is 18.2 Å². The number of hydrogen-bond donors (Lipinski definition) is 1. The topological polar surface area (TPSA) is 172 Å². The fourth-order valence-corrected chi connectivity index (χ4v) is 8.86. The van der Waals surface area contributed by atoms with Gasteiger partial charge in [0.2, 0.25) is 5.88 Å². The van der Waals surface area contributed by atoms with E-state index in [1.807, 2.05) is 6.07 Å². The summed E-state index contributed by atoms with van der Waals surface area (Å²) in [6, 6.07) is 16.0. The molecular formula is C35H36N8O6S. The highest BCUT2D eigenvalue weighted by Gasteiger charge is 2.60. The van der Waals surface area contributed by atoms with Crippen molar-refractivity contribution in [2.45, 2.75) is 17.4 Å². The lowest BCUT2D eigenvalue weighted by Gasteiger charge is -2.60. The number of morpholine rings is 1. The largest absolute Gasteiger partial charge is 0.478 e. The van der Waals surface area contributed by atoms with Crippen molar-refractivity contribution in [2.75, 3.05) is 76.5 Å². The lowest BCUT2D eigenvalue weighted by atomic mass is 9.73. The van der Waals surface area contributed by atoms with E-state index >= 15 is 0 Å². The molecule has 3 amide bonds. The Labute approximate surface area is 290 Å². The van der Waals surface area contributed by atoms with Gasteiger partial charge in [-0.2, -0.15) is 14.8 Å². The van der Waals surface area contributed by atoms with Gasteiger partial charge in [-0.1, -0.05) is 0 Å². The van der Waals surface area contributed by atoms with E-state index in [1.54, 1.807) is 24.0 Å². The minimum Gasteiger partial charge on any atom is -0.478 e. The average molecular weight is 697 g/mol. The first-order chi connectivity index (χ1) is 24.1. The molecule has 2 aromatic carbocycles. The Balaban J connectivity index is 1.21. The van der Waals surface area contributed by atoms with Crippen LogP contribution in [0.2, 0.25) is 0 Å². The number of nitrogens with zero attached hydrogens (tertiary/aromatic N) is 7. The van der Waals surface area contributed by atoms with Crippen molar-refractivity contribution in [1.29, 1.82) is 10.5 Å². The second-order valence-electron chi connectivity index (χ2n) is 13.0. The summed E-state index contributed by atoms with van der Waals surface area (Å²) in [7, 11) is -4.58. The molecule has 0 saturated carbocycles. The molecule has 0 aliphatic carbocycles. The zero-order chi connectivity index (χ0) is 35.1. The first kappa shape index (κ1) is 33.4. The molecule has 4 aliphatic heterocycles. The van der Waals surface area contributed by atoms with Crippen molar-refractivity contribution in [2.24, 2.45) is 5.41 Å². The Morgan fingerprint density at radius 1 is 0.960 bits per heavy atom. The van der Waals surface area contributed by atoms with Gasteiger partial charge < -0.3 is 24.6 Å². The van der Waals surface area contributed by atoms with Crippen molar-refractivity contribution < 1.29 is 27.5 Å². The van der Waals surface area contributed by atoms with E-state index in [4.69, 9.17) is 9.47 Å². The van der Waals surface area contributed by atoms with Gasteiger partial charge in [-0.15, -0.1) is 0 Å². The molecule has 1 spiro atoms. The summed E-state index contributed by atoms with van der Waals surface area (Å²) in [5.74, 6) is -0.952. The lowest BCUT2D eigenvalue weighted by Crippen LogP contribution is -2.74. The fraction of sp³-hybridized carbons (Fsp3) is 0.400. The monoisotopic (exact) mass is 696 g/mol. The van der Waals surface area contributed by atoms with E-state index in [2.05, 4.69) is 26.2 Å². The number of urea groups is 1. The summed E-state index contributed by atoms with van der Waals surface area (Å²) in [5, 5.41) is 22.1. The number of amides is 3. The molecular weight excluding hydrogens is 661 g/mol. The molecule has 1 aromatic heterocycles. The predicted molar refractivity (Wildman–Crippen MR) is 179 cm³/mol. The average Bonchev–Trinajstić information content (AvgIpc) is 3.35. The van der Waals surface area contributed by atoms with Crippen LogP contribution in [0.1, 0.15) is 29.2 Å². The van der Waals surface area contributed by atoms with Crippen LogP contribution >= 0.6 is 0 Å². The number of anilines is 1. The molecule has 0 bridgehead atoms. The number of nitriles is 2. The van der Waals surface area contributed by atoms with Crippen molar-refractivity contribution in [3.8, 4) is 18.0 Å². The molecule has 3 aromatic rings. The van der Waals surface area contributed by atoms with Gasteiger partial charge >= 0.3 is 6.03 Å². The van der Waals surface area contributed by atoms with Crippen LogP contribution in [-0.4, -0.2) is 112 Å². The molecule has 0 radical (unpaired) electrons. The number of likely N-dealkylation sites (tertiary alicyclic amines) is 2. The first-order valence-electron chi connectivity index (χ1n) is 16.5. The minimum absolute atomic E-state index is 0.0278. The standard InChI is InChI=1S/C35H36N8O6S/c1-2-49-31-28(4-3-11-38-31)35(39-33(45)42-23-34(24-42)21-41(22-34)13-12-40-14-16-48-17-15-40)29-18-26(20-37)7-10-30(29)43(32(35)44)50(46,47)27-8-5-25(19-36)6-9-27/h3-11,18H,2,12-17,21-24H2,1H3,(H,39,45). The number of carbonyl (C=O) groups excluding carboxylic acids is 2. The number of rotatable bonds is 9. The van der Waals surface area contributed by atoms with Crippen LogP contribution in [0.25, 0.3) is 0 Å². The zero-order valence-corrected chi connectivity index (χ0v) is 28.4. The number of sulfonamides is 1. The Morgan fingerprint density at radius 3 is 2.32 bits per heavy atom. The summed E-state index contributed by atoms with van der Waals surface area (Å²) in [4.78, 5) is 39.7. The number of aromatic nitrogens is 1. The second kappa shape index (κ2) is 13.0. The molecule has 14 nitrogen and oxygen atoms in total. The number of benzene rings is 2. The first-order valence-corrected chi connectivity index (χ1v) is 17.9. The molecule has 15 heteroatoms. The van der Waals surface area contributed by atoms with Gasteiger partial charge in [0.25, 0.3) is 15.9 Å². The SMILES string of the molecule is CCOc1ncccc1C1(NC(=O)N2CC3(CN(CCN4CCOCC4)C3)C2)C(=O)N(S(=O)(=O)c2ccc(C#N)cc2)c2ccc(C#N)cc21. The number of carbonyl (C=O) groups is 2. The van der Waals surface area contributed by atoms with Gasteiger partial charge in [-0.05, 0) is 61.5 Å². The van der Waals surface area contributed by atoms with E-state index in [0.29, 0.717) is 17.4 Å².